The fraction of sp³-hybridized carbons (Fsp3) is 0.538. The van der Waals surface area contributed by atoms with Gasteiger partial charge in [-0.25, -0.2) is 4.98 Å². The van der Waals surface area contributed by atoms with Gasteiger partial charge >= 0.3 is 0 Å². The molecule has 0 unspecified atom stereocenters. The van der Waals surface area contributed by atoms with Crippen LogP contribution in [0.4, 0.5) is 0 Å². The molecule has 0 atom stereocenters. The van der Waals surface area contributed by atoms with Crippen LogP contribution in [0.15, 0.2) is 17.5 Å². The summed E-state index contributed by atoms with van der Waals surface area (Å²) >= 11 is 1.69. The fourth-order valence-corrected chi connectivity index (χ4v) is 3.22. The van der Waals surface area contributed by atoms with Crippen LogP contribution in [-0.2, 0) is 6.42 Å². The van der Waals surface area contributed by atoms with Crippen molar-refractivity contribution in [3.05, 3.63) is 23.3 Å². The molecule has 0 saturated heterocycles. The number of rotatable bonds is 3. The molecule has 0 aromatic carbocycles. The molecular formula is C13H17N3S. The molecule has 3 nitrogen and oxygen atoms in total. The first-order valence-electron chi connectivity index (χ1n) is 6.37. The highest BCUT2D eigenvalue weighted by atomic mass is 32.1. The van der Waals surface area contributed by atoms with Crippen LogP contribution in [0.25, 0.3) is 10.7 Å². The quantitative estimate of drug-likeness (QED) is 0.899. The van der Waals surface area contributed by atoms with Gasteiger partial charge in [0.05, 0.1) is 4.88 Å². The van der Waals surface area contributed by atoms with Crippen LogP contribution in [0.1, 0.15) is 37.9 Å². The van der Waals surface area contributed by atoms with E-state index >= 15 is 0 Å². The monoisotopic (exact) mass is 247 g/mol. The lowest BCUT2D eigenvalue weighted by Crippen LogP contribution is -2.10. The molecule has 1 N–H and O–H groups in total. The molecule has 0 aliphatic heterocycles. The SMILES string of the molecule is c1csc(-c2n[nH]c(CC3CCCCC3)n2)c1. The Balaban J connectivity index is 1.68. The zero-order valence-electron chi connectivity index (χ0n) is 9.85. The maximum atomic E-state index is 4.59. The summed E-state index contributed by atoms with van der Waals surface area (Å²) in [6, 6.07) is 4.11. The van der Waals surface area contributed by atoms with Gasteiger partial charge in [-0.15, -0.1) is 11.3 Å². The Morgan fingerprint density at radius 3 is 2.94 bits per heavy atom. The first-order chi connectivity index (χ1) is 8.42. The van der Waals surface area contributed by atoms with Gasteiger partial charge in [-0.1, -0.05) is 38.2 Å². The van der Waals surface area contributed by atoms with Crippen LogP contribution in [0.2, 0.25) is 0 Å². The molecule has 1 fully saturated rings. The molecule has 17 heavy (non-hydrogen) atoms. The van der Waals surface area contributed by atoms with Gasteiger partial charge in [0.2, 0.25) is 0 Å². The van der Waals surface area contributed by atoms with Crippen LogP contribution < -0.4 is 0 Å². The van der Waals surface area contributed by atoms with E-state index in [2.05, 4.69) is 26.6 Å². The number of aromatic amines is 1. The summed E-state index contributed by atoms with van der Waals surface area (Å²) in [4.78, 5) is 5.74. The molecule has 4 heteroatoms. The highest BCUT2D eigenvalue weighted by Gasteiger charge is 2.16. The smallest absolute Gasteiger partial charge is 0.191 e. The molecule has 1 saturated carbocycles. The van der Waals surface area contributed by atoms with Gasteiger partial charge < -0.3 is 0 Å². The Labute approximate surface area is 105 Å². The standard InChI is InChI=1S/C13H17N3S/c1-2-5-10(6-3-1)9-12-14-13(16-15-12)11-7-4-8-17-11/h4,7-8,10H,1-3,5-6,9H2,(H,14,15,16). The van der Waals surface area contributed by atoms with Crippen LogP contribution in [-0.4, -0.2) is 15.2 Å². The number of nitrogens with one attached hydrogen (secondary N) is 1. The van der Waals surface area contributed by atoms with Crippen LogP contribution in [0.5, 0.6) is 0 Å². The number of thiophene rings is 1. The van der Waals surface area contributed by atoms with Crippen molar-refractivity contribution in [2.75, 3.05) is 0 Å². The predicted octanol–water partition coefficient (Wildman–Crippen LogP) is 3.66. The second-order valence-corrected chi connectivity index (χ2v) is 5.74. The minimum absolute atomic E-state index is 0.813. The first kappa shape index (κ1) is 11.0. The third-order valence-electron chi connectivity index (χ3n) is 3.48. The topological polar surface area (TPSA) is 41.6 Å². The molecule has 3 rings (SSSR count). The maximum absolute atomic E-state index is 4.59. The van der Waals surface area contributed by atoms with Crippen LogP contribution in [0, 0.1) is 5.92 Å². The molecule has 0 bridgehead atoms. The summed E-state index contributed by atoms with van der Waals surface area (Å²) in [5.74, 6) is 2.72. The lowest BCUT2D eigenvalue weighted by atomic mass is 9.87. The van der Waals surface area contributed by atoms with Crippen molar-refractivity contribution in [1.82, 2.24) is 15.2 Å². The minimum atomic E-state index is 0.813. The molecule has 2 aromatic rings. The van der Waals surface area contributed by atoms with E-state index in [0.717, 1.165) is 28.9 Å². The van der Waals surface area contributed by atoms with E-state index in [0.29, 0.717) is 0 Å². The van der Waals surface area contributed by atoms with Crippen molar-refractivity contribution in [2.45, 2.75) is 38.5 Å². The van der Waals surface area contributed by atoms with Crippen molar-refractivity contribution >= 4 is 11.3 Å². The molecular weight excluding hydrogens is 230 g/mol. The number of hydrogen-bond acceptors (Lipinski definition) is 3. The van der Waals surface area contributed by atoms with Crippen LogP contribution in [0.3, 0.4) is 0 Å². The van der Waals surface area contributed by atoms with Crippen molar-refractivity contribution < 1.29 is 0 Å². The lowest BCUT2D eigenvalue weighted by Gasteiger charge is -2.19. The summed E-state index contributed by atoms with van der Waals surface area (Å²) in [5, 5.41) is 9.45. The van der Waals surface area contributed by atoms with Crippen molar-refractivity contribution in [2.24, 2.45) is 5.92 Å². The third-order valence-corrected chi connectivity index (χ3v) is 4.35. The Morgan fingerprint density at radius 2 is 2.18 bits per heavy atom. The fourth-order valence-electron chi connectivity index (χ4n) is 2.57. The van der Waals surface area contributed by atoms with Crippen molar-refractivity contribution in [3.8, 4) is 10.7 Å². The van der Waals surface area contributed by atoms with E-state index in [9.17, 15) is 0 Å². The number of H-pyrrole nitrogens is 1. The maximum Gasteiger partial charge on any atom is 0.191 e. The zero-order valence-corrected chi connectivity index (χ0v) is 10.7. The van der Waals surface area contributed by atoms with E-state index in [1.165, 1.54) is 32.1 Å². The Hall–Kier alpha value is -1.16. The van der Waals surface area contributed by atoms with Crippen LogP contribution >= 0.6 is 11.3 Å². The molecule has 2 aromatic heterocycles. The zero-order chi connectivity index (χ0) is 11.5. The highest BCUT2D eigenvalue weighted by Crippen LogP contribution is 2.27. The minimum Gasteiger partial charge on any atom is -0.263 e. The average molecular weight is 247 g/mol. The third kappa shape index (κ3) is 2.57. The van der Waals surface area contributed by atoms with Gasteiger partial charge in [0.1, 0.15) is 5.82 Å². The van der Waals surface area contributed by atoms with Gasteiger partial charge in [0.25, 0.3) is 0 Å². The summed E-state index contributed by atoms with van der Waals surface area (Å²) < 4.78 is 0. The average Bonchev–Trinajstić information content (AvgIpc) is 3.00. The molecule has 1 aliphatic carbocycles. The van der Waals surface area contributed by atoms with Crippen molar-refractivity contribution in [1.29, 1.82) is 0 Å². The summed E-state index contributed by atoms with van der Waals surface area (Å²) in [5.41, 5.74) is 0. The van der Waals surface area contributed by atoms with E-state index in [-0.39, 0.29) is 0 Å². The van der Waals surface area contributed by atoms with E-state index in [4.69, 9.17) is 0 Å². The number of nitrogens with zero attached hydrogens (tertiary/aromatic N) is 2. The Kier molecular flexibility index (Phi) is 3.22. The number of hydrogen-bond donors (Lipinski definition) is 1. The summed E-state index contributed by atoms with van der Waals surface area (Å²) in [6.07, 6.45) is 7.96. The largest absolute Gasteiger partial charge is 0.263 e. The lowest BCUT2D eigenvalue weighted by molar-refractivity contribution is 0.352. The van der Waals surface area contributed by atoms with E-state index < -0.39 is 0 Å². The molecule has 0 radical (unpaired) electrons. The molecule has 90 valence electrons. The molecule has 2 heterocycles. The normalized spacial score (nSPS) is 17.4. The van der Waals surface area contributed by atoms with Gasteiger partial charge in [-0.2, -0.15) is 5.10 Å². The molecule has 0 spiro atoms. The molecule has 0 amide bonds. The predicted molar refractivity (Wildman–Crippen MR) is 70.0 cm³/mol. The second kappa shape index (κ2) is 5.00. The Morgan fingerprint density at radius 1 is 1.29 bits per heavy atom. The summed E-state index contributed by atoms with van der Waals surface area (Å²) in [7, 11) is 0. The highest BCUT2D eigenvalue weighted by molar-refractivity contribution is 7.13. The Bertz CT molecular complexity index is 455. The van der Waals surface area contributed by atoms with E-state index in [1.54, 1.807) is 11.3 Å². The molecule has 1 aliphatic rings. The van der Waals surface area contributed by atoms with Gasteiger partial charge in [0.15, 0.2) is 5.82 Å². The van der Waals surface area contributed by atoms with Gasteiger partial charge in [0, 0.05) is 6.42 Å². The van der Waals surface area contributed by atoms with Crippen molar-refractivity contribution in [3.63, 3.8) is 0 Å². The summed E-state index contributed by atoms with van der Waals surface area (Å²) in [6.45, 7) is 0. The first-order valence-corrected chi connectivity index (χ1v) is 7.25. The van der Waals surface area contributed by atoms with Gasteiger partial charge in [-0.3, -0.25) is 5.10 Å². The second-order valence-electron chi connectivity index (χ2n) is 4.79. The number of aromatic nitrogens is 3. The van der Waals surface area contributed by atoms with Gasteiger partial charge in [-0.05, 0) is 17.4 Å². The van der Waals surface area contributed by atoms with E-state index in [1.807, 2.05) is 6.07 Å².